The van der Waals surface area contributed by atoms with Crippen LogP contribution in [0.2, 0.25) is 5.02 Å². The van der Waals surface area contributed by atoms with E-state index in [0.29, 0.717) is 12.4 Å². The standard InChI is InChI=1S/C11H12ClFO3/c1-2-15-11(14)5-6-16-8-3-4-10(13)9(12)7-8/h3-4,7H,2,5-6H2,1H3. The molecule has 0 aromatic heterocycles. The summed E-state index contributed by atoms with van der Waals surface area (Å²) in [4.78, 5) is 11.0. The predicted octanol–water partition coefficient (Wildman–Crippen LogP) is 2.81. The molecule has 88 valence electrons. The minimum absolute atomic E-state index is 0.00589. The highest BCUT2D eigenvalue weighted by atomic mass is 35.5. The second-order valence-electron chi connectivity index (χ2n) is 2.98. The molecule has 0 radical (unpaired) electrons. The molecule has 0 aliphatic heterocycles. The molecule has 0 saturated heterocycles. The molecule has 1 aromatic carbocycles. The van der Waals surface area contributed by atoms with Crippen LogP contribution in [0.5, 0.6) is 5.75 Å². The number of halogens is 2. The molecule has 1 aromatic rings. The van der Waals surface area contributed by atoms with Crippen LogP contribution >= 0.6 is 11.6 Å². The van der Waals surface area contributed by atoms with Crippen LogP contribution in [-0.4, -0.2) is 19.2 Å². The zero-order valence-electron chi connectivity index (χ0n) is 8.83. The molecule has 0 unspecified atom stereocenters. The summed E-state index contributed by atoms with van der Waals surface area (Å²) in [7, 11) is 0. The Labute approximate surface area is 98.1 Å². The Morgan fingerprint density at radius 2 is 2.25 bits per heavy atom. The number of esters is 1. The number of hydrogen-bond donors (Lipinski definition) is 0. The summed E-state index contributed by atoms with van der Waals surface area (Å²) in [6.07, 6.45) is 0.156. The van der Waals surface area contributed by atoms with Gasteiger partial charge in [-0.1, -0.05) is 11.6 Å². The van der Waals surface area contributed by atoms with E-state index in [4.69, 9.17) is 21.1 Å². The first-order chi connectivity index (χ1) is 7.63. The van der Waals surface area contributed by atoms with E-state index in [1.54, 1.807) is 6.92 Å². The van der Waals surface area contributed by atoms with E-state index in [1.807, 2.05) is 0 Å². The monoisotopic (exact) mass is 246 g/mol. The minimum atomic E-state index is -0.501. The summed E-state index contributed by atoms with van der Waals surface area (Å²) >= 11 is 5.56. The molecule has 3 nitrogen and oxygen atoms in total. The van der Waals surface area contributed by atoms with E-state index in [0.717, 1.165) is 0 Å². The van der Waals surface area contributed by atoms with Crippen LogP contribution in [0.15, 0.2) is 18.2 Å². The maximum Gasteiger partial charge on any atom is 0.309 e. The molecule has 0 bridgehead atoms. The summed E-state index contributed by atoms with van der Waals surface area (Å²) in [6, 6.07) is 4.02. The normalized spacial score (nSPS) is 9.94. The van der Waals surface area contributed by atoms with Crippen LogP contribution in [0.25, 0.3) is 0 Å². The molecule has 5 heteroatoms. The molecule has 0 N–H and O–H groups in total. The van der Waals surface area contributed by atoms with E-state index >= 15 is 0 Å². The van der Waals surface area contributed by atoms with Crippen molar-refractivity contribution in [3.8, 4) is 5.75 Å². The third-order valence-corrected chi connectivity index (χ3v) is 2.06. The van der Waals surface area contributed by atoms with Crippen molar-refractivity contribution in [2.45, 2.75) is 13.3 Å². The summed E-state index contributed by atoms with van der Waals surface area (Å²) in [6.45, 7) is 2.26. The summed E-state index contributed by atoms with van der Waals surface area (Å²) in [5.41, 5.74) is 0. The van der Waals surface area contributed by atoms with Crippen LogP contribution in [0, 0.1) is 5.82 Å². The van der Waals surface area contributed by atoms with Crippen molar-refractivity contribution in [1.82, 2.24) is 0 Å². The van der Waals surface area contributed by atoms with Gasteiger partial charge in [0.1, 0.15) is 11.6 Å². The number of rotatable bonds is 5. The zero-order valence-corrected chi connectivity index (χ0v) is 9.59. The Morgan fingerprint density at radius 3 is 2.88 bits per heavy atom. The summed E-state index contributed by atoms with van der Waals surface area (Å²) in [5, 5.41) is -0.00589. The molecule has 0 fully saturated rings. The highest BCUT2D eigenvalue weighted by Crippen LogP contribution is 2.21. The van der Waals surface area contributed by atoms with Crippen LogP contribution in [0.3, 0.4) is 0 Å². The molecular formula is C11H12ClFO3. The van der Waals surface area contributed by atoms with Crippen molar-refractivity contribution in [3.63, 3.8) is 0 Å². The minimum Gasteiger partial charge on any atom is -0.493 e. The molecule has 0 atom stereocenters. The maximum atomic E-state index is 12.8. The maximum absolute atomic E-state index is 12.8. The summed E-state index contributed by atoms with van der Waals surface area (Å²) < 4.78 is 22.7. The van der Waals surface area contributed by atoms with Gasteiger partial charge < -0.3 is 9.47 Å². The van der Waals surface area contributed by atoms with E-state index < -0.39 is 5.82 Å². The Morgan fingerprint density at radius 1 is 1.50 bits per heavy atom. The van der Waals surface area contributed by atoms with E-state index in [1.165, 1.54) is 18.2 Å². The molecule has 0 saturated carbocycles. The second-order valence-corrected chi connectivity index (χ2v) is 3.39. The predicted molar refractivity (Wildman–Crippen MR) is 58.2 cm³/mol. The van der Waals surface area contributed by atoms with Gasteiger partial charge >= 0.3 is 5.97 Å². The number of hydrogen-bond acceptors (Lipinski definition) is 3. The Kier molecular flexibility index (Phi) is 5.05. The molecular weight excluding hydrogens is 235 g/mol. The lowest BCUT2D eigenvalue weighted by Crippen LogP contribution is -2.09. The second kappa shape index (κ2) is 6.33. The lowest BCUT2D eigenvalue weighted by atomic mass is 10.3. The number of ether oxygens (including phenoxy) is 2. The fourth-order valence-corrected chi connectivity index (χ4v) is 1.22. The quantitative estimate of drug-likeness (QED) is 0.750. The van der Waals surface area contributed by atoms with Gasteiger partial charge in [-0.25, -0.2) is 4.39 Å². The lowest BCUT2D eigenvalue weighted by Gasteiger charge is -2.06. The van der Waals surface area contributed by atoms with Crippen LogP contribution in [0.4, 0.5) is 4.39 Å². The van der Waals surface area contributed by atoms with Gasteiger partial charge in [0.05, 0.1) is 24.7 Å². The van der Waals surface area contributed by atoms with Gasteiger partial charge in [0, 0.05) is 6.07 Å². The molecule has 0 aliphatic carbocycles. The largest absolute Gasteiger partial charge is 0.493 e. The molecule has 0 spiro atoms. The van der Waals surface area contributed by atoms with Crippen LogP contribution < -0.4 is 4.74 Å². The third-order valence-electron chi connectivity index (χ3n) is 1.77. The van der Waals surface area contributed by atoms with Crippen molar-refractivity contribution in [1.29, 1.82) is 0 Å². The van der Waals surface area contributed by atoms with Gasteiger partial charge in [0.2, 0.25) is 0 Å². The van der Waals surface area contributed by atoms with Crippen molar-refractivity contribution >= 4 is 17.6 Å². The van der Waals surface area contributed by atoms with E-state index in [-0.39, 0.29) is 24.0 Å². The Hall–Kier alpha value is -1.29. The third kappa shape index (κ3) is 4.06. The van der Waals surface area contributed by atoms with Gasteiger partial charge in [0.25, 0.3) is 0 Å². The fourth-order valence-electron chi connectivity index (χ4n) is 1.05. The fraction of sp³-hybridized carbons (Fsp3) is 0.364. The van der Waals surface area contributed by atoms with Crippen molar-refractivity contribution < 1.29 is 18.7 Å². The zero-order chi connectivity index (χ0) is 12.0. The van der Waals surface area contributed by atoms with Gasteiger partial charge in [-0.15, -0.1) is 0 Å². The lowest BCUT2D eigenvalue weighted by molar-refractivity contribution is -0.143. The van der Waals surface area contributed by atoms with E-state index in [2.05, 4.69) is 0 Å². The summed E-state index contributed by atoms with van der Waals surface area (Å²) in [5.74, 6) is -0.397. The number of carbonyl (C=O) groups is 1. The van der Waals surface area contributed by atoms with E-state index in [9.17, 15) is 9.18 Å². The molecule has 0 amide bonds. The Bertz CT molecular complexity index is 368. The molecule has 16 heavy (non-hydrogen) atoms. The number of benzene rings is 1. The molecule has 1 rings (SSSR count). The van der Waals surface area contributed by atoms with Crippen LogP contribution in [0.1, 0.15) is 13.3 Å². The van der Waals surface area contributed by atoms with Gasteiger partial charge in [-0.3, -0.25) is 4.79 Å². The average molecular weight is 247 g/mol. The SMILES string of the molecule is CCOC(=O)CCOc1ccc(F)c(Cl)c1. The van der Waals surface area contributed by atoms with Crippen molar-refractivity contribution in [2.24, 2.45) is 0 Å². The van der Waals surface area contributed by atoms with Gasteiger partial charge in [-0.05, 0) is 19.1 Å². The average Bonchev–Trinajstić information content (AvgIpc) is 2.24. The molecule has 0 heterocycles. The van der Waals surface area contributed by atoms with Crippen molar-refractivity contribution in [3.05, 3.63) is 29.0 Å². The topological polar surface area (TPSA) is 35.5 Å². The van der Waals surface area contributed by atoms with Crippen molar-refractivity contribution in [2.75, 3.05) is 13.2 Å². The van der Waals surface area contributed by atoms with Crippen LogP contribution in [-0.2, 0) is 9.53 Å². The van der Waals surface area contributed by atoms with Gasteiger partial charge in [-0.2, -0.15) is 0 Å². The highest BCUT2D eigenvalue weighted by molar-refractivity contribution is 6.30. The number of carbonyl (C=O) groups excluding carboxylic acids is 1. The molecule has 0 aliphatic rings. The highest BCUT2D eigenvalue weighted by Gasteiger charge is 2.04. The Balaban J connectivity index is 2.37. The van der Waals surface area contributed by atoms with Gasteiger partial charge in [0.15, 0.2) is 0 Å². The smallest absolute Gasteiger partial charge is 0.309 e. The first-order valence-electron chi connectivity index (χ1n) is 4.87. The first-order valence-corrected chi connectivity index (χ1v) is 5.24. The first kappa shape index (κ1) is 12.8.